The predicted octanol–water partition coefficient (Wildman–Crippen LogP) is 2.35. The number of ether oxygens (including phenoxy) is 2. The van der Waals surface area contributed by atoms with Crippen molar-refractivity contribution in [1.82, 2.24) is 4.57 Å². The number of hydrogen-bond donors (Lipinski definition) is 0. The smallest absolute Gasteiger partial charge is 0.254 e. The largest absolute Gasteiger partial charge is 0.344 e. The van der Waals surface area contributed by atoms with Crippen LogP contribution in [0.4, 0.5) is 0 Å². The van der Waals surface area contributed by atoms with Crippen molar-refractivity contribution in [3.8, 4) is 0 Å². The number of aromatic nitrogens is 1. The molecule has 0 amide bonds. The lowest BCUT2D eigenvalue weighted by Gasteiger charge is -2.25. The van der Waals surface area contributed by atoms with Crippen LogP contribution in [0, 0.1) is 6.92 Å². The van der Waals surface area contributed by atoms with Gasteiger partial charge in [0.25, 0.3) is 5.56 Å². The Morgan fingerprint density at radius 3 is 2.53 bits per heavy atom. The minimum Gasteiger partial charge on any atom is -0.344 e. The minimum atomic E-state index is -0.735. The summed E-state index contributed by atoms with van der Waals surface area (Å²) in [5.74, 6) is -0.735. The molecule has 0 saturated carbocycles. The van der Waals surface area contributed by atoms with Gasteiger partial charge in [-0.25, -0.2) is 0 Å². The van der Waals surface area contributed by atoms with Crippen LogP contribution in [0.1, 0.15) is 44.0 Å². The monoisotopic (exact) mass is 265 g/mol. The molecule has 19 heavy (non-hydrogen) atoms. The summed E-state index contributed by atoms with van der Waals surface area (Å²) in [4.78, 5) is 12.2. The maximum Gasteiger partial charge on any atom is 0.254 e. The van der Waals surface area contributed by atoms with Gasteiger partial charge in [0.2, 0.25) is 0 Å². The Morgan fingerprint density at radius 1 is 1.26 bits per heavy atom. The molecule has 0 N–H and O–H groups in total. The Balaban J connectivity index is 0.000000637. The number of fused-ring (bicyclic) bond motifs is 1. The first kappa shape index (κ1) is 14.3. The van der Waals surface area contributed by atoms with Gasteiger partial charge in [0.15, 0.2) is 5.79 Å². The number of pyridine rings is 1. The fourth-order valence-corrected chi connectivity index (χ4v) is 2.81. The van der Waals surface area contributed by atoms with E-state index in [4.69, 9.17) is 9.47 Å². The standard InChI is InChI=1S/C13H17NO3.C2H6/c1-9-11(13(2)16-6-7-17-13)8-10-4-3-5-14(10)12(9)15;1-2/h8H,3-7H2,1-2H3;1-2H3. The van der Waals surface area contributed by atoms with Crippen molar-refractivity contribution < 1.29 is 9.47 Å². The van der Waals surface area contributed by atoms with Crippen LogP contribution in [-0.2, 0) is 28.2 Å². The first-order chi connectivity index (χ1) is 9.12. The molecule has 0 radical (unpaired) electrons. The molecule has 2 aliphatic rings. The third-order valence-corrected chi connectivity index (χ3v) is 3.77. The van der Waals surface area contributed by atoms with E-state index in [1.807, 2.05) is 32.3 Å². The molecule has 2 aliphatic heterocycles. The van der Waals surface area contributed by atoms with E-state index < -0.39 is 5.79 Å². The molecular formula is C15H23NO3. The molecule has 4 nitrogen and oxygen atoms in total. The average molecular weight is 265 g/mol. The van der Waals surface area contributed by atoms with Gasteiger partial charge in [0, 0.05) is 23.4 Å². The zero-order valence-electron chi connectivity index (χ0n) is 12.3. The van der Waals surface area contributed by atoms with Crippen molar-refractivity contribution in [3.63, 3.8) is 0 Å². The number of hydrogen-bond acceptors (Lipinski definition) is 3. The average Bonchev–Trinajstić information content (AvgIpc) is 3.05. The number of rotatable bonds is 1. The van der Waals surface area contributed by atoms with E-state index >= 15 is 0 Å². The van der Waals surface area contributed by atoms with Gasteiger partial charge in [0.1, 0.15) is 0 Å². The van der Waals surface area contributed by atoms with E-state index in [2.05, 4.69) is 6.07 Å². The van der Waals surface area contributed by atoms with E-state index in [0.29, 0.717) is 13.2 Å². The first-order valence-corrected chi connectivity index (χ1v) is 7.13. The van der Waals surface area contributed by atoms with Crippen LogP contribution in [0.25, 0.3) is 0 Å². The minimum absolute atomic E-state index is 0.107. The van der Waals surface area contributed by atoms with Crippen LogP contribution in [0.5, 0.6) is 0 Å². The lowest BCUT2D eigenvalue weighted by Crippen LogP contribution is -2.31. The molecule has 106 valence electrons. The Kier molecular flexibility index (Phi) is 4.11. The molecule has 1 aromatic heterocycles. The van der Waals surface area contributed by atoms with E-state index in [-0.39, 0.29) is 5.56 Å². The third kappa shape index (κ3) is 2.35. The first-order valence-electron chi connectivity index (χ1n) is 7.13. The van der Waals surface area contributed by atoms with Crippen molar-refractivity contribution >= 4 is 0 Å². The summed E-state index contributed by atoms with van der Waals surface area (Å²) in [6.45, 7) is 9.78. The van der Waals surface area contributed by atoms with Gasteiger partial charge in [0.05, 0.1) is 13.2 Å². The van der Waals surface area contributed by atoms with Crippen molar-refractivity contribution in [2.24, 2.45) is 0 Å². The summed E-state index contributed by atoms with van der Waals surface area (Å²) in [6.07, 6.45) is 2.02. The molecule has 3 heterocycles. The highest BCUT2D eigenvalue weighted by Crippen LogP contribution is 2.33. The fourth-order valence-electron chi connectivity index (χ4n) is 2.81. The zero-order chi connectivity index (χ0) is 14.0. The maximum atomic E-state index is 12.2. The van der Waals surface area contributed by atoms with Crippen LogP contribution in [0.2, 0.25) is 0 Å². The highest BCUT2D eigenvalue weighted by molar-refractivity contribution is 5.32. The van der Waals surface area contributed by atoms with Gasteiger partial charge < -0.3 is 14.0 Å². The Bertz CT molecular complexity index is 513. The second-order valence-corrected chi connectivity index (χ2v) is 4.88. The molecule has 1 aromatic rings. The summed E-state index contributed by atoms with van der Waals surface area (Å²) in [7, 11) is 0. The molecular weight excluding hydrogens is 242 g/mol. The SMILES string of the molecule is CC.Cc1c(C2(C)OCCO2)cc2n(c1=O)CCC2. The van der Waals surface area contributed by atoms with Crippen LogP contribution >= 0.6 is 0 Å². The number of nitrogens with zero attached hydrogens (tertiary/aromatic N) is 1. The quantitative estimate of drug-likeness (QED) is 0.782. The van der Waals surface area contributed by atoms with Crippen LogP contribution in [0.3, 0.4) is 0 Å². The molecule has 1 fully saturated rings. The summed E-state index contributed by atoms with van der Waals surface area (Å²) in [6, 6.07) is 2.08. The topological polar surface area (TPSA) is 40.5 Å². The molecule has 3 rings (SSSR count). The Morgan fingerprint density at radius 2 is 1.89 bits per heavy atom. The molecule has 0 aliphatic carbocycles. The Hall–Kier alpha value is -1.13. The molecule has 4 heteroatoms. The third-order valence-electron chi connectivity index (χ3n) is 3.77. The van der Waals surface area contributed by atoms with Crippen LogP contribution in [0.15, 0.2) is 10.9 Å². The molecule has 1 saturated heterocycles. The molecule has 0 atom stereocenters. The van der Waals surface area contributed by atoms with E-state index in [0.717, 1.165) is 36.2 Å². The second-order valence-electron chi connectivity index (χ2n) is 4.88. The van der Waals surface area contributed by atoms with Crippen LogP contribution < -0.4 is 5.56 Å². The zero-order valence-corrected chi connectivity index (χ0v) is 12.3. The highest BCUT2D eigenvalue weighted by atomic mass is 16.7. The van der Waals surface area contributed by atoms with Crippen molar-refractivity contribution in [3.05, 3.63) is 33.2 Å². The lowest BCUT2D eigenvalue weighted by molar-refractivity contribution is -0.150. The van der Waals surface area contributed by atoms with E-state index in [1.54, 1.807) is 0 Å². The van der Waals surface area contributed by atoms with E-state index in [9.17, 15) is 4.79 Å². The Labute approximate surface area is 114 Å². The summed E-state index contributed by atoms with van der Waals surface area (Å²) < 4.78 is 13.2. The maximum absolute atomic E-state index is 12.2. The summed E-state index contributed by atoms with van der Waals surface area (Å²) in [5, 5.41) is 0. The number of aryl methyl sites for hydroxylation is 1. The van der Waals surface area contributed by atoms with Gasteiger partial charge in [-0.3, -0.25) is 4.79 Å². The van der Waals surface area contributed by atoms with Gasteiger partial charge in [-0.2, -0.15) is 0 Å². The normalized spacial score (nSPS) is 19.8. The molecule has 0 bridgehead atoms. The molecule has 0 unspecified atom stereocenters. The van der Waals surface area contributed by atoms with Crippen molar-refractivity contribution in [2.45, 2.75) is 52.9 Å². The van der Waals surface area contributed by atoms with Gasteiger partial charge in [-0.15, -0.1) is 0 Å². The van der Waals surface area contributed by atoms with Crippen molar-refractivity contribution in [1.29, 1.82) is 0 Å². The van der Waals surface area contributed by atoms with Gasteiger partial charge in [-0.05, 0) is 32.8 Å². The second kappa shape index (κ2) is 5.47. The van der Waals surface area contributed by atoms with Gasteiger partial charge in [-0.1, -0.05) is 13.8 Å². The lowest BCUT2D eigenvalue weighted by atomic mass is 10.0. The van der Waals surface area contributed by atoms with E-state index in [1.165, 1.54) is 0 Å². The summed E-state index contributed by atoms with van der Waals surface area (Å²) in [5.41, 5.74) is 2.86. The molecule has 0 aromatic carbocycles. The predicted molar refractivity (Wildman–Crippen MR) is 74.4 cm³/mol. The van der Waals surface area contributed by atoms with Crippen LogP contribution in [-0.4, -0.2) is 17.8 Å². The highest BCUT2D eigenvalue weighted by Gasteiger charge is 2.36. The molecule has 0 spiro atoms. The van der Waals surface area contributed by atoms with Gasteiger partial charge >= 0.3 is 0 Å². The fraction of sp³-hybridized carbons (Fsp3) is 0.667. The summed E-state index contributed by atoms with van der Waals surface area (Å²) >= 11 is 0. The van der Waals surface area contributed by atoms with Crippen molar-refractivity contribution in [2.75, 3.05) is 13.2 Å².